The van der Waals surface area contributed by atoms with E-state index in [0.717, 1.165) is 10.0 Å². The molecule has 0 unspecified atom stereocenters. The molecule has 2 nitrogen and oxygen atoms in total. The molecule has 0 radical (unpaired) electrons. The number of rotatable bonds is 1. The zero-order valence-electron chi connectivity index (χ0n) is 5.87. The second kappa shape index (κ2) is 3.40. The smallest absolute Gasteiger partial charge is 0.149 e. The molecule has 54 valence electrons. The highest BCUT2D eigenvalue weighted by Crippen LogP contribution is 2.20. The van der Waals surface area contributed by atoms with Crippen molar-refractivity contribution >= 4 is 29.4 Å². The monoisotopic (exact) mass is 218 g/mol. The van der Waals surface area contributed by atoms with Crippen molar-refractivity contribution in [2.24, 2.45) is 0 Å². The molecule has 1 aromatic heterocycles. The van der Waals surface area contributed by atoms with Gasteiger partial charge in [0.15, 0.2) is 0 Å². The molecular formula is C6H8BrN2P. The Balaban J connectivity index is 2.89. The van der Waals surface area contributed by atoms with E-state index >= 15 is 0 Å². The van der Waals surface area contributed by atoms with E-state index in [1.807, 2.05) is 0 Å². The van der Waals surface area contributed by atoms with E-state index < -0.39 is 0 Å². The second-order valence-corrected chi connectivity index (χ2v) is 5.20. The van der Waals surface area contributed by atoms with Crippen LogP contribution in [0.4, 0.5) is 0 Å². The third-order valence-corrected chi connectivity index (χ3v) is 2.45. The fourth-order valence-corrected chi connectivity index (χ4v) is 1.32. The molecule has 1 aromatic rings. The SMILES string of the molecule is CP(C)c1ncc(Br)cn1. The van der Waals surface area contributed by atoms with E-state index in [-0.39, 0.29) is 7.92 Å². The highest BCUT2D eigenvalue weighted by Gasteiger charge is 1.99. The highest BCUT2D eigenvalue weighted by molar-refractivity contribution is 9.10. The lowest BCUT2D eigenvalue weighted by Gasteiger charge is -2.00. The molecule has 1 rings (SSSR count). The first-order valence-electron chi connectivity index (χ1n) is 2.85. The summed E-state index contributed by atoms with van der Waals surface area (Å²) < 4.78 is 0.938. The molecule has 0 bridgehead atoms. The van der Waals surface area contributed by atoms with Crippen LogP contribution >= 0.6 is 23.9 Å². The first-order chi connectivity index (χ1) is 4.70. The molecule has 0 aliphatic heterocycles. The largest absolute Gasteiger partial charge is 0.236 e. The Kier molecular flexibility index (Phi) is 2.75. The fraction of sp³-hybridized carbons (Fsp3) is 0.333. The number of halogens is 1. The lowest BCUT2D eigenvalue weighted by atomic mass is 10.7. The van der Waals surface area contributed by atoms with Gasteiger partial charge in [-0.15, -0.1) is 0 Å². The van der Waals surface area contributed by atoms with Crippen LogP contribution in [-0.2, 0) is 0 Å². The van der Waals surface area contributed by atoms with Crippen LogP contribution in [0, 0.1) is 0 Å². The van der Waals surface area contributed by atoms with Gasteiger partial charge in [-0.25, -0.2) is 9.97 Å². The fourth-order valence-electron chi connectivity index (χ4n) is 0.536. The van der Waals surface area contributed by atoms with Crippen LogP contribution in [0.15, 0.2) is 16.9 Å². The summed E-state index contributed by atoms with van der Waals surface area (Å²) in [6.07, 6.45) is 3.56. The Hall–Kier alpha value is -0.0100. The van der Waals surface area contributed by atoms with Crippen LogP contribution in [0.1, 0.15) is 0 Å². The van der Waals surface area contributed by atoms with Crippen LogP contribution < -0.4 is 5.57 Å². The Morgan fingerprint density at radius 2 is 1.80 bits per heavy atom. The standard InChI is InChI=1S/C6H8BrN2P/c1-10(2)6-8-3-5(7)4-9-6/h3-4H,1-2H3. The molecule has 0 aliphatic rings. The van der Waals surface area contributed by atoms with Gasteiger partial charge >= 0.3 is 0 Å². The minimum Gasteiger partial charge on any atom is -0.236 e. The van der Waals surface area contributed by atoms with E-state index in [4.69, 9.17) is 0 Å². The van der Waals surface area contributed by atoms with Crippen LogP contribution in [0.25, 0.3) is 0 Å². The van der Waals surface area contributed by atoms with Crippen LogP contribution in [0.3, 0.4) is 0 Å². The maximum Gasteiger partial charge on any atom is 0.149 e. The molecule has 0 atom stereocenters. The van der Waals surface area contributed by atoms with E-state index in [1.165, 1.54) is 0 Å². The molecule has 0 N–H and O–H groups in total. The van der Waals surface area contributed by atoms with E-state index in [2.05, 4.69) is 39.2 Å². The van der Waals surface area contributed by atoms with Gasteiger partial charge in [0.2, 0.25) is 0 Å². The van der Waals surface area contributed by atoms with Crippen LogP contribution in [0.2, 0.25) is 0 Å². The number of hydrogen-bond donors (Lipinski definition) is 0. The van der Waals surface area contributed by atoms with Crippen LogP contribution in [0.5, 0.6) is 0 Å². The van der Waals surface area contributed by atoms with Crippen molar-refractivity contribution in [2.45, 2.75) is 0 Å². The zero-order chi connectivity index (χ0) is 7.56. The summed E-state index contributed by atoms with van der Waals surface area (Å²) in [6.45, 7) is 4.27. The lowest BCUT2D eigenvalue weighted by molar-refractivity contribution is 1.22. The Bertz CT molecular complexity index is 209. The van der Waals surface area contributed by atoms with Gasteiger partial charge in [-0.2, -0.15) is 0 Å². The summed E-state index contributed by atoms with van der Waals surface area (Å²) in [5.74, 6) is 0. The summed E-state index contributed by atoms with van der Waals surface area (Å²) >= 11 is 3.28. The van der Waals surface area contributed by atoms with Crippen molar-refractivity contribution in [2.75, 3.05) is 13.3 Å². The predicted molar refractivity (Wildman–Crippen MR) is 48.1 cm³/mol. The number of nitrogens with zero attached hydrogens (tertiary/aromatic N) is 2. The van der Waals surface area contributed by atoms with Gasteiger partial charge in [0, 0.05) is 12.4 Å². The third kappa shape index (κ3) is 1.99. The highest BCUT2D eigenvalue weighted by atomic mass is 79.9. The third-order valence-electron chi connectivity index (χ3n) is 1.01. The minimum atomic E-state index is -0.151. The van der Waals surface area contributed by atoms with Crippen molar-refractivity contribution in [3.8, 4) is 0 Å². The number of hydrogen-bond acceptors (Lipinski definition) is 2. The van der Waals surface area contributed by atoms with E-state index in [9.17, 15) is 0 Å². The first kappa shape index (κ1) is 8.09. The van der Waals surface area contributed by atoms with Gasteiger partial charge in [-0.3, -0.25) is 0 Å². The molecule has 4 heteroatoms. The molecule has 0 amide bonds. The van der Waals surface area contributed by atoms with Crippen molar-refractivity contribution < 1.29 is 0 Å². The summed E-state index contributed by atoms with van der Waals surface area (Å²) in [5, 5.41) is 0. The predicted octanol–water partition coefficient (Wildman–Crippen LogP) is 1.61. The average molecular weight is 219 g/mol. The van der Waals surface area contributed by atoms with E-state index in [0.29, 0.717) is 0 Å². The molecular weight excluding hydrogens is 211 g/mol. The summed E-state index contributed by atoms with van der Waals surface area (Å²) in [7, 11) is -0.151. The van der Waals surface area contributed by atoms with Gasteiger partial charge in [0.25, 0.3) is 0 Å². The quantitative estimate of drug-likeness (QED) is 0.670. The summed E-state index contributed by atoms with van der Waals surface area (Å²) in [6, 6.07) is 0. The molecule has 0 aromatic carbocycles. The van der Waals surface area contributed by atoms with Gasteiger partial charge in [-0.05, 0) is 37.2 Å². The maximum atomic E-state index is 4.15. The van der Waals surface area contributed by atoms with Gasteiger partial charge in [0.1, 0.15) is 5.57 Å². The average Bonchev–Trinajstić information content (AvgIpc) is 1.88. The minimum absolute atomic E-state index is 0.151. The molecule has 0 fully saturated rings. The summed E-state index contributed by atoms with van der Waals surface area (Å²) in [5.41, 5.74) is 0.957. The van der Waals surface area contributed by atoms with Gasteiger partial charge < -0.3 is 0 Å². The van der Waals surface area contributed by atoms with E-state index in [1.54, 1.807) is 12.4 Å². The normalized spacial score (nSPS) is 10.4. The van der Waals surface area contributed by atoms with Gasteiger partial charge in [0.05, 0.1) is 4.47 Å². The zero-order valence-corrected chi connectivity index (χ0v) is 8.35. The topological polar surface area (TPSA) is 25.8 Å². The lowest BCUT2D eigenvalue weighted by Crippen LogP contribution is -2.08. The molecule has 1 heterocycles. The molecule has 0 aliphatic carbocycles. The molecule has 0 saturated heterocycles. The molecule has 0 saturated carbocycles. The Morgan fingerprint density at radius 1 is 1.30 bits per heavy atom. The van der Waals surface area contributed by atoms with Gasteiger partial charge in [-0.1, -0.05) is 0 Å². The Labute approximate surface area is 70.0 Å². The number of aromatic nitrogens is 2. The Morgan fingerprint density at radius 3 is 2.20 bits per heavy atom. The molecule has 0 spiro atoms. The van der Waals surface area contributed by atoms with Crippen LogP contribution in [-0.4, -0.2) is 23.3 Å². The van der Waals surface area contributed by atoms with Crippen molar-refractivity contribution in [1.29, 1.82) is 0 Å². The maximum absolute atomic E-state index is 4.15. The first-order valence-corrected chi connectivity index (χ1v) is 5.88. The van der Waals surface area contributed by atoms with Crippen molar-refractivity contribution in [3.63, 3.8) is 0 Å². The second-order valence-electron chi connectivity index (χ2n) is 2.10. The van der Waals surface area contributed by atoms with Crippen molar-refractivity contribution in [3.05, 3.63) is 16.9 Å². The van der Waals surface area contributed by atoms with Crippen molar-refractivity contribution in [1.82, 2.24) is 9.97 Å². The molecule has 10 heavy (non-hydrogen) atoms. The summed E-state index contributed by atoms with van der Waals surface area (Å²) in [4.78, 5) is 8.30.